The van der Waals surface area contributed by atoms with Gasteiger partial charge in [0.25, 0.3) is 0 Å². The Bertz CT molecular complexity index is 50.7. The molecule has 0 N–H and O–H groups in total. The molecule has 146 valence electrons. The fraction of sp³-hybridized carbons (Fsp3) is 1.00. The van der Waals surface area contributed by atoms with Crippen LogP contribution >= 0.6 is 0 Å². The Morgan fingerprint density at radius 2 is 0.348 bits per heavy atom. The maximum absolute atomic E-state index is 8.93. The fourth-order valence-corrected chi connectivity index (χ4v) is 0. The predicted molar refractivity (Wildman–Crippen MR) is 73.8 cm³/mol. The van der Waals surface area contributed by atoms with Crippen molar-refractivity contribution < 1.29 is 75.2 Å². The van der Waals surface area contributed by atoms with E-state index in [1.165, 1.54) is 0 Å². The van der Waals surface area contributed by atoms with Gasteiger partial charge in [-0.2, -0.15) is 0 Å². The molecule has 23 heavy (non-hydrogen) atoms. The topological polar surface area (TPSA) is 161 Å². The van der Waals surface area contributed by atoms with Gasteiger partial charge in [-0.1, -0.05) is 48.5 Å². The SMILES string of the molecule is CC[O-].CC[O-].CC[O-].CC[O-].CC[O-].CC[O-].CC[O-].[Fe+2].[Nb+5]. The van der Waals surface area contributed by atoms with Crippen LogP contribution in [0.1, 0.15) is 48.5 Å². The van der Waals surface area contributed by atoms with Crippen molar-refractivity contribution in [2.45, 2.75) is 48.5 Å². The van der Waals surface area contributed by atoms with Crippen molar-refractivity contribution in [3.8, 4) is 0 Å². The summed E-state index contributed by atoms with van der Waals surface area (Å²) in [5.74, 6) is 0. The molecule has 0 aromatic carbocycles. The molecule has 0 radical (unpaired) electrons. The van der Waals surface area contributed by atoms with Crippen LogP contribution in [0, 0.1) is 0 Å². The summed E-state index contributed by atoms with van der Waals surface area (Å²) in [5, 5.41) is 62.5. The first-order valence-corrected chi connectivity index (χ1v) is 6.97. The van der Waals surface area contributed by atoms with Crippen LogP contribution in [0.5, 0.6) is 0 Å². The normalized spacial score (nSPS) is 5.48. The summed E-state index contributed by atoms with van der Waals surface area (Å²) >= 11 is 0. The molecule has 0 unspecified atom stereocenters. The quantitative estimate of drug-likeness (QED) is 0.327. The van der Waals surface area contributed by atoms with Crippen molar-refractivity contribution in [3.05, 3.63) is 0 Å². The standard InChI is InChI=1S/7C2H5O.Fe.Nb/c7*1-2-3;;/h7*2H2,1H3;;/q7*-1;+2;+5. The number of hydrogen-bond donors (Lipinski definition) is 0. The fourth-order valence-electron chi connectivity index (χ4n) is 0. The largest absolute Gasteiger partial charge is 5.00 e. The van der Waals surface area contributed by atoms with E-state index in [0.717, 1.165) is 0 Å². The van der Waals surface area contributed by atoms with Gasteiger partial charge in [-0.3, -0.25) is 0 Å². The van der Waals surface area contributed by atoms with E-state index >= 15 is 0 Å². The summed E-state index contributed by atoms with van der Waals surface area (Å²) in [5.41, 5.74) is 0. The summed E-state index contributed by atoms with van der Waals surface area (Å²) in [4.78, 5) is 0. The van der Waals surface area contributed by atoms with E-state index in [-0.39, 0.29) is 85.7 Å². The van der Waals surface area contributed by atoms with Gasteiger partial charge in [-0.25, -0.2) is 0 Å². The van der Waals surface area contributed by atoms with Crippen LogP contribution in [-0.4, -0.2) is 46.2 Å². The maximum atomic E-state index is 8.93. The van der Waals surface area contributed by atoms with Crippen molar-refractivity contribution in [1.82, 2.24) is 0 Å². The molecule has 0 aliphatic heterocycles. The second-order valence-electron chi connectivity index (χ2n) is 2.02. The van der Waals surface area contributed by atoms with E-state index < -0.39 is 0 Å². The van der Waals surface area contributed by atoms with Crippen LogP contribution in [0.2, 0.25) is 0 Å². The minimum Gasteiger partial charge on any atom is -0.855 e. The van der Waals surface area contributed by atoms with E-state index in [2.05, 4.69) is 0 Å². The Morgan fingerprint density at radius 3 is 0.348 bits per heavy atom. The zero-order valence-electron chi connectivity index (χ0n) is 15.6. The molecule has 0 amide bonds. The van der Waals surface area contributed by atoms with Crippen molar-refractivity contribution >= 4 is 0 Å². The van der Waals surface area contributed by atoms with E-state index in [1.54, 1.807) is 48.5 Å². The third kappa shape index (κ3) is 10500. The van der Waals surface area contributed by atoms with Gasteiger partial charge in [0, 0.05) is 0 Å². The molecule has 0 saturated heterocycles. The van der Waals surface area contributed by atoms with Crippen LogP contribution < -0.4 is 35.7 Å². The molecule has 0 heterocycles. The Labute approximate surface area is 169 Å². The molecular weight excluding hydrogens is 429 g/mol. The van der Waals surface area contributed by atoms with E-state index in [4.69, 9.17) is 35.7 Å². The molecular formula is C14H35FeNbO7. The molecule has 0 fully saturated rings. The Hall–Kier alpha value is 0.980. The van der Waals surface area contributed by atoms with E-state index in [9.17, 15) is 0 Å². The number of rotatable bonds is 0. The zero-order chi connectivity index (χ0) is 18.9. The minimum absolute atomic E-state index is 0. The first-order valence-electron chi connectivity index (χ1n) is 6.97. The Balaban J connectivity index is -0.0000000140. The van der Waals surface area contributed by atoms with Crippen molar-refractivity contribution in [3.63, 3.8) is 0 Å². The van der Waals surface area contributed by atoms with Crippen molar-refractivity contribution in [2.75, 3.05) is 46.2 Å². The van der Waals surface area contributed by atoms with E-state index in [1.807, 2.05) is 0 Å². The Morgan fingerprint density at radius 1 is 0.348 bits per heavy atom. The van der Waals surface area contributed by atoms with Crippen LogP contribution in [-0.2, 0) is 39.4 Å². The molecule has 0 spiro atoms. The van der Waals surface area contributed by atoms with Crippen LogP contribution in [0.4, 0.5) is 0 Å². The van der Waals surface area contributed by atoms with Crippen LogP contribution in [0.3, 0.4) is 0 Å². The molecule has 0 atom stereocenters. The van der Waals surface area contributed by atoms with Gasteiger partial charge >= 0.3 is 39.4 Å². The average Bonchev–Trinajstić information content (AvgIpc) is 2.35. The van der Waals surface area contributed by atoms with Gasteiger partial charge < -0.3 is 35.7 Å². The number of hydrogen-bond acceptors (Lipinski definition) is 7. The molecule has 0 aromatic heterocycles. The summed E-state index contributed by atoms with van der Waals surface area (Å²) < 4.78 is 0. The second-order valence-corrected chi connectivity index (χ2v) is 2.02. The minimum atomic E-state index is 0. The molecule has 9 heteroatoms. The third-order valence-electron chi connectivity index (χ3n) is 0. The van der Waals surface area contributed by atoms with Crippen molar-refractivity contribution in [2.24, 2.45) is 0 Å². The molecule has 0 saturated carbocycles. The van der Waals surface area contributed by atoms with Gasteiger partial charge in [0.05, 0.1) is 0 Å². The summed E-state index contributed by atoms with van der Waals surface area (Å²) in [6, 6.07) is 0. The van der Waals surface area contributed by atoms with Gasteiger partial charge in [0.1, 0.15) is 0 Å². The third-order valence-corrected chi connectivity index (χ3v) is 0. The predicted octanol–water partition coefficient (Wildman–Crippen LogP) is -4.44. The monoisotopic (exact) mass is 464 g/mol. The summed E-state index contributed by atoms with van der Waals surface area (Å²) in [7, 11) is 0. The molecule has 0 rings (SSSR count). The summed E-state index contributed by atoms with van der Waals surface area (Å²) in [6.07, 6.45) is 0. The van der Waals surface area contributed by atoms with Gasteiger partial charge in [0.15, 0.2) is 0 Å². The van der Waals surface area contributed by atoms with Crippen molar-refractivity contribution in [1.29, 1.82) is 0 Å². The van der Waals surface area contributed by atoms with Gasteiger partial charge in [-0.05, 0) is 0 Å². The maximum Gasteiger partial charge on any atom is 5.00 e. The average molecular weight is 464 g/mol. The first kappa shape index (κ1) is 56.4. The molecule has 0 aliphatic rings. The molecule has 0 bridgehead atoms. The van der Waals surface area contributed by atoms with Gasteiger partial charge in [0.2, 0.25) is 0 Å². The molecule has 7 nitrogen and oxygen atoms in total. The second kappa shape index (κ2) is 174. The van der Waals surface area contributed by atoms with Crippen LogP contribution in [0.15, 0.2) is 0 Å². The summed E-state index contributed by atoms with van der Waals surface area (Å²) in [6.45, 7) is 11.0. The van der Waals surface area contributed by atoms with Gasteiger partial charge in [-0.15, -0.1) is 46.2 Å². The first-order chi connectivity index (χ1) is 9.90. The zero-order valence-corrected chi connectivity index (χ0v) is 18.9. The smallest absolute Gasteiger partial charge is 0.855 e. The molecule has 0 aliphatic carbocycles. The Kier molecular flexibility index (Phi) is 428. The van der Waals surface area contributed by atoms with E-state index in [0.29, 0.717) is 0 Å². The van der Waals surface area contributed by atoms with Crippen LogP contribution in [0.25, 0.3) is 0 Å². The molecule has 0 aromatic rings.